The molecule has 182 valence electrons. The van der Waals surface area contributed by atoms with Crippen LogP contribution in [0.1, 0.15) is 23.1 Å². The fraction of sp³-hybridized carbons (Fsp3) is 0.148. The molecular formula is C27H26N6O3. The minimum atomic E-state index is -0.525. The summed E-state index contributed by atoms with van der Waals surface area (Å²) >= 11 is 0. The lowest BCUT2D eigenvalue weighted by Crippen LogP contribution is -2.27. The van der Waals surface area contributed by atoms with Gasteiger partial charge in [-0.05, 0) is 48.9 Å². The van der Waals surface area contributed by atoms with Crippen molar-refractivity contribution in [1.82, 2.24) is 25.1 Å². The average molecular weight is 483 g/mol. The summed E-state index contributed by atoms with van der Waals surface area (Å²) in [6.45, 7) is 1.74. The molecule has 0 unspecified atom stereocenters. The molecule has 2 amide bonds. The molecule has 4 aromatic rings. The number of amides is 2. The minimum Gasteiger partial charge on any atom is -0.484 e. The number of likely N-dealkylation sites (N-methyl/N-ethyl adjacent to an activating group) is 1. The Kier molecular flexibility index (Phi) is 7.50. The lowest BCUT2D eigenvalue weighted by molar-refractivity contribution is -0.130. The van der Waals surface area contributed by atoms with E-state index in [0.717, 1.165) is 16.8 Å². The van der Waals surface area contributed by atoms with Gasteiger partial charge in [-0.15, -0.1) is 5.10 Å². The van der Waals surface area contributed by atoms with Crippen molar-refractivity contribution in [3.63, 3.8) is 0 Å². The van der Waals surface area contributed by atoms with Gasteiger partial charge in [0.15, 0.2) is 12.4 Å². The van der Waals surface area contributed by atoms with Gasteiger partial charge < -0.3 is 9.64 Å². The summed E-state index contributed by atoms with van der Waals surface area (Å²) in [6, 6.07) is 26.2. The summed E-state index contributed by atoms with van der Waals surface area (Å²) in [4.78, 5) is 30.5. The number of nitrogens with one attached hydrogen (secondary N) is 1. The van der Waals surface area contributed by atoms with Gasteiger partial charge in [0.2, 0.25) is 5.82 Å². The van der Waals surface area contributed by atoms with Gasteiger partial charge in [-0.3, -0.25) is 9.59 Å². The topological polar surface area (TPSA) is 102 Å². The molecule has 0 aliphatic carbocycles. The first kappa shape index (κ1) is 24.3. The van der Waals surface area contributed by atoms with Crippen molar-refractivity contribution in [2.75, 3.05) is 20.7 Å². The van der Waals surface area contributed by atoms with Crippen molar-refractivity contribution in [3.05, 3.63) is 96.3 Å². The van der Waals surface area contributed by atoms with Gasteiger partial charge in [0, 0.05) is 19.7 Å². The highest BCUT2D eigenvalue weighted by molar-refractivity contribution is 6.00. The van der Waals surface area contributed by atoms with E-state index in [2.05, 4.69) is 20.6 Å². The van der Waals surface area contributed by atoms with E-state index >= 15 is 0 Å². The number of rotatable bonds is 8. The van der Waals surface area contributed by atoms with Gasteiger partial charge in [0.25, 0.3) is 5.91 Å². The van der Waals surface area contributed by atoms with Gasteiger partial charge in [-0.25, -0.2) is 15.1 Å². The lowest BCUT2D eigenvalue weighted by atomic mass is 10.1. The lowest BCUT2D eigenvalue weighted by Gasteiger charge is -2.11. The first-order valence-electron chi connectivity index (χ1n) is 11.3. The fourth-order valence-electron chi connectivity index (χ4n) is 3.25. The number of nitrogens with zero attached hydrogens (tertiary/aromatic N) is 5. The van der Waals surface area contributed by atoms with Gasteiger partial charge in [0.1, 0.15) is 5.75 Å². The molecule has 0 atom stereocenters. The second-order valence-electron chi connectivity index (χ2n) is 8.11. The van der Waals surface area contributed by atoms with Crippen LogP contribution in [-0.4, -0.2) is 57.9 Å². The van der Waals surface area contributed by atoms with E-state index in [9.17, 15) is 9.59 Å². The molecule has 1 heterocycles. The second kappa shape index (κ2) is 11.1. The van der Waals surface area contributed by atoms with Crippen LogP contribution in [0.2, 0.25) is 0 Å². The maximum Gasteiger partial charge on any atom is 0.311 e. The molecular weight excluding hydrogens is 456 g/mol. The van der Waals surface area contributed by atoms with Crippen LogP contribution in [0.25, 0.3) is 17.1 Å². The Balaban J connectivity index is 1.49. The van der Waals surface area contributed by atoms with Crippen molar-refractivity contribution in [2.24, 2.45) is 5.10 Å². The standard InChI is InChI=1S/C27H26N6O3/c1-19(20-14-16-23(17-15-20)36-18-24(34)32(2)3)29-30-27(35)25-28-26(21-10-6-4-7-11-21)33(31-25)22-12-8-5-9-13-22/h4-17H,18H2,1-3H3,(H,30,35). The first-order valence-corrected chi connectivity index (χ1v) is 11.3. The zero-order valence-electron chi connectivity index (χ0n) is 20.3. The van der Waals surface area contributed by atoms with E-state index in [-0.39, 0.29) is 18.3 Å². The van der Waals surface area contributed by atoms with Crippen LogP contribution in [0.4, 0.5) is 0 Å². The summed E-state index contributed by atoms with van der Waals surface area (Å²) in [5.74, 6) is 0.469. The molecule has 36 heavy (non-hydrogen) atoms. The molecule has 0 aliphatic rings. The SMILES string of the molecule is CC(=NNC(=O)c1nc(-c2ccccc2)n(-c2ccccc2)n1)c1ccc(OCC(=O)N(C)C)cc1. The third-order valence-electron chi connectivity index (χ3n) is 5.30. The van der Waals surface area contributed by atoms with E-state index in [1.807, 2.05) is 60.7 Å². The zero-order valence-corrected chi connectivity index (χ0v) is 20.3. The highest BCUT2D eigenvalue weighted by atomic mass is 16.5. The van der Waals surface area contributed by atoms with E-state index in [0.29, 0.717) is 17.3 Å². The summed E-state index contributed by atoms with van der Waals surface area (Å²) in [6.07, 6.45) is 0. The van der Waals surface area contributed by atoms with Crippen molar-refractivity contribution < 1.29 is 14.3 Å². The average Bonchev–Trinajstić information content (AvgIpc) is 3.37. The molecule has 3 aromatic carbocycles. The van der Waals surface area contributed by atoms with Crippen LogP contribution < -0.4 is 10.2 Å². The number of hydrogen-bond donors (Lipinski definition) is 1. The Labute approximate surface area is 209 Å². The van der Waals surface area contributed by atoms with Crippen LogP contribution >= 0.6 is 0 Å². The molecule has 0 saturated carbocycles. The monoisotopic (exact) mass is 482 g/mol. The van der Waals surface area contributed by atoms with Gasteiger partial charge in [0.05, 0.1) is 11.4 Å². The predicted octanol–water partition coefficient (Wildman–Crippen LogP) is 3.56. The highest BCUT2D eigenvalue weighted by Crippen LogP contribution is 2.21. The summed E-state index contributed by atoms with van der Waals surface area (Å²) in [5, 5.41) is 8.65. The Hall–Kier alpha value is -4.79. The van der Waals surface area contributed by atoms with E-state index < -0.39 is 5.91 Å². The quantitative estimate of drug-likeness (QED) is 0.306. The van der Waals surface area contributed by atoms with Gasteiger partial charge in [-0.1, -0.05) is 48.5 Å². The van der Waals surface area contributed by atoms with Crippen molar-refractivity contribution in [3.8, 4) is 22.8 Å². The number of carbonyl (C=O) groups is 2. The molecule has 0 fully saturated rings. The molecule has 4 rings (SSSR count). The number of hydrazone groups is 1. The molecule has 0 aliphatic heterocycles. The summed E-state index contributed by atoms with van der Waals surface area (Å²) in [7, 11) is 3.35. The van der Waals surface area contributed by atoms with Crippen molar-refractivity contribution >= 4 is 17.5 Å². The Morgan fingerprint density at radius 2 is 1.58 bits per heavy atom. The third kappa shape index (κ3) is 5.82. The highest BCUT2D eigenvalue weighted by Gasteiger charge is 2.18. The molecule has 9 heteroatoms. The molecule has 1 N–H and O–H groups in total. The smallest absolute Gasteiger partial charge is 0.311 e. The summed E-state index contributed by atoms with van der Waals surface area (Å²) in [5.41, 5.74) is 5.54. The number of carbonyl (C=O) groups excluding carboxylic acids is 2. The Bertz CT molecular complexity index is 1310. The number of aromatic nitrogens is 3. The summed E-state index contributed by atoms with van der Waals surface area (Å²) < 4.78 is 7.13. The van der Waals surface area contributed by atoms with E-state index in [4.69, 9.17) is 4.74 Å². The first-order chi connectivity index (χ1) is 17.4. The number of para-hydroxylation sites is 1. The molecule has 0 bridgehead atoms. The number of hydrogen-bond acceptors (Lipinski definition) is 6. The molecule has 0 radical (unpaired) electrons. The van der Waals surface area contributed by atoms with E-state index in [1.54, 1.807) is 50.0 Å². The van der Waals surface area contributed by atoms with Crippen LogP contribution in [0.15, 0.2) is 90.0 Å². The third-order valence-corrected chi connectivity index (χ3v) is 5.30. The molecule has 1 aromatic heterocycles. The molecule has 0 saturated heterocycles. The minimum absolute atomic E-state index is 0.00330. The molecule has 9 nitrogen and oxygen atoms in total. The second-order valence-corrected chi connectivity index (χ2v) is 8.11. The van der Waals surface area contributed by atoms with Crippen LogP contribution in [0.3, 0.4) is 0 Å². The normalized spacial score (nSPS) is 11.1. The molecule has 0 spiro atoms. The van der Waals surface area contributed by atoms with Gasteiger partial charge in [-0.2, -0.15) is 5.10 Å². The van der Waals surface area contributed by atoms with Crippen LogP contribution in [0.5, 0.6) is 5.75 Å². The maximum absolute atomic E-state index is 12.9. The van der Waals surface area contributed by atoms with Gasteiger partial charge >= 0.3 is 5.91 Å². The fourth-order valence-corrected chi connectivity index (χ4v) is 3.25. The van der Waals surface area contributed by atoms with E-state index in [1.165, 1.54) is 4.90 Å². The Morgan fingerprint density at radius 3 is 2.22 bits per heavy atom. The maximum atomic E-state index is 12.9. The largest absolute Gasteiger partial charge is 0.484 e. The van der Waals surface area contributed by atoms with Crippen molar-refractivity contribution in [2.45, 2.75) is 6.92 Å². The Morgan fingerprint density at radius 1 is 0.944 bits per heavy atom. The van der Waals surface area contributed by atoms with Crippen LogP contribution in [-0.2, 0) is 4.79 Å². The predicted molar refractivity (Wildman–Crippen MR) is 137 cm³/mol. The van der Waals surface area contributed by atoms with Crippen LogP contribution in [0, 0.1) is 0 Å². The number of ether oxygens (including phenoxy) is 1. The number of benzene rings is 3. The van der Waals surface area contributed by atoms with Crippen molar-refractivity contribution in [1.29, 1.82) is 0 Å². The zero-order chi connectivity index (χ0) is 25.5.